The molecule has 2 nitrogen and oxygen atoms in total. The summed E-state index contributed by atoms with van der Waals surface area (Å²) in [6.07, 6.45) is 4.72. The van der Waals surface area contributed by atoms with Crippen molar-refractivity contribution in [2.75, 3.05) is 11.9 Å². The maximum absolute atomic E-state index is 5.96. The van der Waals surface area contributed by atoms with Crippen molar-refractivity contribution in [1.82, 2.24) is 0 Å². The molecule has 1 aliphatic rings. The second-order valence-corrected chi connectivity index (χ2v) is 5.99. The number of anilines is 1. The molecular weight excluding hydrogens is 276 g/mol. The third-order valence-corrected chi connectivity index (χ3v) is 4.41. The predicted octanol–water partition coefficient (Wildman–Crippen LogP) is 3.46. The van der Waals surface area contributed by atoms with Crippen LogP contribution in [0.25, 0.3) is 0 Å². The zero-order chi connectivity index (χ0) is 12.4. The highest BCUT2D eigenvalue weighted by molar-refractivity contribution is 9.10. The first kappa shape index (κ1) is 12.9. The van der Waals surface area contributed by atoms with Crippen LogP contribution in [0.3, 0.4) is 0 Å². The fourth-order valence-electron chi connectivity index (χ4n) is 2.58. The standard InChI is InChI=1S/C14H21BrN2/c1-10-3-8-14(13(15)9-10)17(2)12-6-4-11(16)5-7-12/h3,8-9,11-12H,4-7,16H2,1-2H3. The highest BCUT2D eigenvalue weighted by Crippen LogP contribution is 2.31. The first-order valence-corrected chi connectivity index (χ1v) is 7.12. The summed E-state index contributed by atoms with van der Waals surface area (Å²) in [5, 5.41) is 0. The molecule has 3 heteroatoms. The Morgan fingerprint density at radius 2 is 1.88 bits per heavy atom. The highest BCUT2D eigenvalue weighted by Gasteiger charge is 2.23. The molecule has 0 bridgehead atoms. The van der Waals surface area contributed by atoms with Crippen molar-refractivity contribution in [1.29, 1.82) is 0 Å². The number of hydrogen-bond acceptors (Lipinski definition) is 2. The van der Waals surface area contributed by atoms with Crippen LogP contribution in [0.5, 0.6) is 0 Å². The summed E-state index contributed by atoms with van der Waals surface area (Å²) in [5.41, 5.74) is 8.54. The van der Waals surface area contributed by atoms with E-state index in [9.17, 15) is 0 Å². The Hall–Kier alpha value is -0.540. The molecule has 0 aromatic heterocycles. The van der Waals surface area contributed by atoms with E-state index in [1.165, 1.54) is 28.6 Å². The predicted molar refractivity (Wildman–Crippen MR) is 77.5 cm³/mol. The van der Waals surface area contributed by atoms with Crippen molar-refractivity contribution in [2.45, 2.75) is 44.7 Å². The van der Waals surface area contributed by atoms with E-state index in [4.69, 9.17) is 5.73 Å². The average Bonchev–Trinajstić information content (AvgIpc) is 2.29. The summed E-state index contributed by atoms with van der Waals surface area (Å²) in [6.45, 7) is 2.12. The number of hydrogen-bond donors (Lipinski definition) is 1. The number of nitrogens with two attached hydrogens (primary N) is 1. The first-order valence-electron chi connectivity index (χ1n) is 6.32. The number of nitrogens with zero attached hydrogens (tertiary/aromatic N) is 1. The molecular formula is C14H21BrN2. The van der Waals surface area contributed by atoms with E-state index in [0.717, 1.165) is 12.8 Å². The van der Waals surface area contributed by atoms with Crippen molar-refractivity contribution in [2.24, 2.45) is 5.73 Å². The highest BCUT2D eigenvalue weighted by atomic mass is 79.9. The monoisotopic (exact) mass is 296 g/mol. The first-order chi connectivity index (χ1) is 8.08. The van der Waals surface area contributed by atoms with Gasteiger partial charge in [0.25, 0.3) is 0 Å². The molecule has 2 N–H and O–H groups in total. The molecule has 0 amide bonds. The topological polar surface area (TPSA) is 29.3 Å². The molecule has 0 heterocycles. The fourth-order valence-corrected chi connectivity index (χ4v) is 3.36. The molecule has 0 spiro atoms. The maximum Gasteiger partial charge on any atom is 0.0510 e. The van der Waals surface area contributed by atoms with Crippen LogP contribution in [-0.4, -0.2) is 19.1 Å². The molecule has 1 saturated carbocycles. The van der Waals surface area contributed by atoms with Gasteiger partial charge in [-0.3, -0.25) is 0 Å². The zero-order valence-electron chi connectivity index (χ0n) is 10.6. The summed E-state index contributed by atoms with van der Waals surface area (Å²) in [7, 11) is 2.19. The van der Waals surface area contributed by atoms with Gasteiger partial charge in [-0.15, -0.1) is 0 Å². The SMILES string of the molecule is Cc1ccc(N(C)C2CCC(N)CC2)c(Br)c1. The molecule has 0 saturated heterocycles. The van der Waals surface area contributed by atoms with E-state index in [2.05, 4.69) is 53.0 Å². The summed E-state index contributed by atoms with van der Waals surface area (Å²) >= 11 is 3.66. The van der Waals surface area contributed by atoms with Crippen LogP contribution < -0.4 is 10.6 Å². The Labute approximate surface area is 112 Å². The van der Waals surface area contributed by atoms with Gasteiger partial charge in [-0.25, -0.2) is 0 Å². The van der Waals surface area contributed by atoms with Crippen LogP contribution in [0.4, 0.5) is 5.69 Å². The van der Waals surface area contributed by atoms with Crippen molar-refractivity contribution in [3.63, 3.8) is 0 Å². The molecule has 0 unspecified atom stereocenters. The Morgan fingerprint density at radius 3 is 2.47 bits per heavy atom. The van der Waals surface area contributed by atoms with Crippen molar-refractivity contribution >= 4 is 21.6 Å². The van der Waals surface area contributed by atoms with Gasteiger partial charge in [0, 0.05) is 23.6 Å². The van der Waals surface area contributed by atoms with E-state index in [0.29, 0.717) is 12.1 Å². The lowest BCUT2D eigenvalue weighted by atomic mass is 9.91. The van der Waals surface area contributed by atoms with E-state index in [1.54, 1.807) is 0 Å². The quantitative estimate of drug-likeness (QED) is 0.905. The molecule has 2 rings (SSSR count). The second kappa shape index (κ2) is 5.40. The van der Waals surface area contributed by atoms with Gasteiger partial charge in [0.2, 0.25) is 0 Å². The minimum Gasteiger partial charge on any atom is -0.371 e. The van der Waals surface area contributed by atoms with Crippen molar-refractivity contribution in [3.8, 4) is 0 Å². The van der Waals surface area contributed by atoms with Crippen molar-refractivity contribution in [3.05, 3.63) is 28.2 Å². The molecule has 0 aliphatic heterocycles. The van der Waals surface area contributed by atoms with Gasteiger partial charge in [-0.05, 0) is 66.2 Å². The molecule has 1 aliphatic carbocycles. The third-order valence-electron chi connectivity index (χ3n) is 3.77. The number of aryl methyl sites for hydroxylation is 1. The second-order valence-electron chi connectivity index (χ2n) is 5.13. The van der Waals surface area contributed by atoms with Crippen LogP contribution in [0, 0.1) is 6.92 Å². The summed E-state index contributed by atoms with van der Waals surface area (Å²) in [5.74, 6) is 0. The van der Waals surface area contributed by atoms with Gasteiger partial charge in [-0.2, -0.15) is 0 Å². The molecule has 1 aromatic rings. The largest absolute Gasteiger partial charge is 0.371 e. The van der Waals surface area contributed by atoms with Crippen LogP contribution >= 0.6 is 15.9 Å². The van der Waals surface area contributed by atoms with Gasteiger partial charge < -0.3 is 10.6 Å². The lowest BCUT2D eigenvalue weighted by Gasteiger charge is -2.35. The molecule has 1 fully saturated rings. The average molecular weight is 297 g/mol. The minimum atomic E-state index is 0.418. The Kier molecular flexibility index (Phi) is 4.10. The van der Waals surface area contributed by atoms with E-state index < -0.39 is 0 Å². The number of benzene rings is 1. The molecule has 17 heavy (non-hydrogen) atoms. The van der Waals surface area contributed by atoms with Gasteiger partial charge in [0.1, 0.15) is 0 Å². The lowest BCUT2D eigenvalue weighted by molar-refractivity contribution is 0.385. The minimum absolute atomic E-state index is 0.418. The van der Waals surface area contributed by atoms with E-state index in [1.807, 2.05) is 0 Å². The lowest BCUT2D eigenvalue weighted by Crippen LogP contribution is -2.38. The van der Waals surface area contributed by atoms with Crippen molar-refractivity contribution < 1.29 is 0 Å². The Morgan fingerprint density at radius 1 is 1.24 bits per heavy atom. The van der Waals surface area contributed by atoms with Gasteiger partial charge in [0.15, 0.2) is 0 Å². The smallest absolute Gasteiger partial charge is 0.0510 e. The summed E-state index contributed by atoms with van der Waals surface area (Å²) in [4.78, 5) is 2.40. The third kappa shape index (κ3) is 3.02. The number of rotatable bonds is 2. The van der Waals surface area contributed by atoms with Crippen LogP contribution in [0.15, 0.2) is 22.7 Å². The zero-order valence-corrected chi connectivity index (χ0v) is 12.2. The van der Waals surface area contributed by atoms with Gasteiger partial charge >= 0.3 is 0 Å². The molecule has 94 valence electrons. The fraction of sp³-hybridized carbons (Fsp3) is 0.571. The Balaban J connectivity index is 2.11. The van der Waals surface area contributed by atoms with Gasteiger partial charge in [0.05, 0.1) is 5.69 Å². The van der Waals surface area contributed by atoms with Crippen LogP contribution in [-0.2, 0) is 0 Å². The number of halogens is 1. The summed E-state index contributed by atoms with van der Waals surface area (Å²) in [6, 6.07) is 7.61. The molecule has 0 atom stereocenters. The Bertz CT molecular complexity index is 384. The van der Waals surface area contributed by atoms with E-state index >= 15 is 0 Å². The maximum atomic E-state index is 5.96. The normalized spacial score (nSPS) is 24.7. The molecule has 1 aromatic carbocycles. The van der Waals surface area contributed by atoms with Gasteiger partial charge in [-0.1, -0.05) is 6.07 Å². The molecule has 0 radical (unpaired) electrons. The van der Waals surface area contributed by atoms with Crippen LogP contribution in [0.2, 0.25) is 0 Å². The van der Waals surface area contributed by atoms with E-state index in [-0.39, 0.29) is 0 Å². The summed E-state index contributed by atoms with van der Waals surface area (Å²) < 4.78 is 1.19. The van der Waals surface area contributed by atoms with Crippen LogP contribution in [0.1, 0.15) is 31.2 Å².